The lowest BCUT2D eigenvalue weighted by atomic mass is 9.83. The number of carbonyl (C=O) groups is 2. The Morgan fingerprint density at radius 1 is 1.36 bits per heavy atom. The molecule has 3 N–H and O–H groups in total. The van der Waals surface area contributed by atoms with Crippen LogP contribution in [0.2, 0.25) is 0 Å². The molecule has 1 fully saturated rings. The van der Waals surface area contributed by atoms with Gasteiger partial charge in [0.15, 0.2) is 5.65 Å². The first kappa shape index (κ1) is 22.1. The van der Waals surface area contributed by atoms with Crippen LogP contribution in [0.5, 0.6) is 0 Å². The topological polar surface area (TPSA) is 118 Å². The second-order valence-corrected chi connectivity index (χ2v) is 6.84. The van der Waals surface area contributed by atoms with E-state index in [1.807, 2.05) is 6.92 Å². The van der Waals surface area contributed by atoms with Crippen LogP contribution >= 0.6 is 12.4 Å². The van der Waals surface area contributed by atoms with Gasteiger partial charge in [-0.25, -0.2) is 9.50 Å². The Labute approximate surface area is 169 Å². The number of aromatic nitrogens is 3. The molecule has 2 amide bonds. The van der Waals surface area contributed by atoms with Crippen LogP contribution in [0.25, 0.3) is 5.65 Å². The molecule has 2 aromatic heterocycles. The predicted molar refractivity (Wildman–Crippen MR) is 104 cm³/mol. The second-order valence-electron chi connectivity index (χ2n) is 6.84. The number of fused-ring (bicyclic) bond motifs is 1. The Morgan fingerprint density at radius 3 is 2.86 bits per heavy atom. The summed E-state index contributed by atoms with van der Waals surface area (Å²) in [6.07, 6.45) is 6.66. The average molecular weight is 412 g/mol. The Kier molecular flexibility index (Phi) is 7.73. The molecule has 3 atom stereocenters. The quantitative estimate of drug-likeness (QED) is 0.636. The van der Waals surface area contributed by atoms with E-state index >= 15 is 0 Å². The Hall–Kier alpha value is -2.23. The van der Waals surface area contributed by atoms with Gasteiger partial charge < -0.3 is 20.5 Å². The van der Waals surface area contributed by atoms with Gasteiger partial charge in [-0.1, -0.05) is 0 Å². The molecule has 0 spiro atoms. The van der Waals surface area contributed by atoms with E-state index in [0.717, 1.165) is 5.56 Å². The van der Waals surface area contributed by atoms with Crippen LogP contribution in [-0.4, -0.2) is 63.9 Å². The molecule has 0 radical (unpaired) electrons. The van der Waals surface area contributed by atoms with Crippen LogP contribution in [0.3, 0.4) is 0 Å². The molecule has 9 nitrogen and oxygen atoms in total. The predicted octanol–water partition coefficient (Wildman–Crippen LogP) is 0.482. The maximum absolute atomic E-state index is 12.8. The van der Waals surface area contributed by atoms with Gasteiger partial charge >= 0.3 is 0 Å². The number of carbonyl (C=O) groups excluding carboxylic acids is 2. The third-order valence-corrected chi connectivity index (χ3v) is 4.92. The third kappa shape index (κ3) is 4.78. The highest BCUT2D eigenvalue weighted by Gasteiger charge is 2.35. The first-order chi connectivity index (χ1) is 13.0. The van der Waals surface area contributed by atoms with Gasteiger partial charge in [0.2, 0.25) is 5.91 Å². The lowest BCUT2D eigenvalue weighted by Gasteiger charge is -2.35. The first-order valence-electron chi connectivity index (χ1n) is 9.05. The van der Waals surface area contributed by atoms with Crippen molar-refractivity contribution in [1.82, 2.24) is 25.2 Å². The summed E-state index contributed by atoms with van der Waals surface area (Å²) in [6, 6.07) is -0.290. The smallest absolute Gasteiger partial charge is 0.257 e. The maximum atomic E-state index is 12.8. The average Bonchev–Trinajstić information content (AvgIpc) is 3.09. The van der Waals surface area contributed by atoms with E-state index in [4.69, 9.17) is 9.84 Å². The van der Waals surface area contributed by atoms with Crippen molar-refractivity contribution < 1.29 is 19.4 Å². The van der Waals surface area contributed by atoms with E-state index in [2.05, 4.69) is 20.7 Å². The fourth-order valence-electron chi connectivity index (χ4n) is 3.51. The Balaban J connectivity index is 0.00000280. The summed E-state index contributed by atoms with van der Waals surface area (Å²) in [4.78, 5) is 29.3. The molecule has 10 heteroatoms. The molecule has 0 saturated heterocycles. The number of aryl methyl sites for hydroxylation is 1. The minimum atomic E-state index is -0.290. The van der Waals surface area contributed by atoms with Gasteiger partial charge in [0.25, 0.3) is 5.91 Å². The van der Waals surface area contributed by atoms with Gasteiger partial charge in [0.05, 0.1) is 24.9 Å². The zero-order valence-electron chi connectivity index (χ0n) is 15.9. The van der Waals surface area contributed by atoms with E-state index < -0.39 is 0 Å². The van der Waals surface area contributed by atoms with Crippen molar-refractivity contribution in [3.8, 4) is 0 Å². The van der Waals surface area contributed by atoms with E-state index in [1.54, 1.807) is 24.0 Å². The van der Waals surface area contributed by atoms with Crippen molar-refractivity contribution in [3.63, 3.8) is 0 Å². The number of hydrogen-bond donors (Lipinski definition) is 3. The van der Waals surface area contributed by atoms with E-state index in [0.29, 0.717) is 30.5 Å². The minimum absolute atomic E-state index is 0. The van der Waals surface area contributed by atoms with Crippen LogP contribution in [0.1, 0.15) is 35.2 Å². The molecule has 1 saturated carbocycles. The maximum Gasteiger partial charge on any atom is 0.257 e. The van der Waals surface area contributed by atoms with Crippen LogP contribution in [0, 0.1) is 12.8 Å². The number of amides is 2. The van der Waals surface area contributed by atoms with Gasteiger partial charge in [-0.3, -0.25) is 9.59 Å². The Bertz CT molecular complexity index is 827. The number of aliphatic hydroxyl groups excluding tert-OH is 1. The Morgan fingerprint density at radius 2 is 2.14 bits per heavy atom. The van der Waals surface area contributed by atoms with Gasteiger partial charge in [0.1, 0.15) is 5.56 Å². The summed E-state index contributed by atoms with van der Waals surface area (Å²) >= 11 is 0. The van der Waals surface area contributed by atoms with Gasteiger partial charge in [0, 0.05) is 32.0 Å². The number of rotatable bonds is 6. The molecule has 1 aliphatic carbocycles. The van der Waals surface area contributed by atoms with E-state index in [-0.39, 0.29) is 55.4 Å². The number of halogens is 1. The molecule has 0 bridgehead atoms. The zero-order chi connectivity index (χ0) is 19.4. The number of nitrogens with one attached hydrogen (secondary N) is 2. The van der Waals surface area contributed by atoms with Gasteiger partial charge in [-0.15, -0.1) is 12.4 Å². The zero-order valence-corrected chi connectivity index (χ0v) is 16.7. The number of nitrogens with zero attached hydrogens (tertiary/aromatic N) is 3. The second kappa shape index (κ2) is 9.81. The van der Waals surface area contributed by atoms with Crippen molar-refractivity contribution in [3.05, 3.63) is 29.7 Å². The highest BCUT2D eigenvalue weighted by molar-refractivity contribution is 5.99. The summed E-state index contributed by atoms with van der Waals surface area (Å²) in [5.74, 6) is -0.617. The number of methoxy groups -OCH3 is 1. The molecule has 2 aromatic rings. The van der Waals surface area contributed by atoms with E-state index in [9.17, 15) is 9.59 Å². The molecular weight excluding hydrogens is 386 g/mol. The summed E-state index contributed by atoms with van der Waals surface area (Å²) in [6.45, 7) is 2.04. The van der Waals surface area contributed by atoms with Gasteiger partial charge in [-0.2, -0.15) is 5.10 Å². The van der Waals surface area contributed by atoms with E-state index in [1.165, 1.54) is 6.20 Å². The van der Waals surface area contributed by atoms with Crippen molar-refractivity contribution in [1.29, 1.82) is 0 Å². The molecule has 154 valence electrons. The summed E-state index contributed by atoms with van der Waals surface area (Å²) in [7, 11) is 1.61. The fraction of sp³-hybridized carbons (Fsp3) is 0.556. The van der Waals surface area contributed by atoms with Crippen LogP contribution in [-0.2, 0) is 9.53 Å². The lowest BCUT2D eigenvalue weighted by Crippen LogP contribution is -2.50. The molecule has 3 rings (SSSR count). The SMILES string of the molecule is CO[C@@H]1CC[C@H](C(=O)NCCO)C[C@H]1NC(=O)c1cnn2cc(C)cnc12.Cl. The van der Waals surface area contributed by atoms with Crippen LogP contribution in [0.4, 0.5) is 0 Å². The molecule has 28 heavy (non-hydrogen) atoms. The van der Waals surface area contributed by atoms with Gasteiger partial charge in [-0.05, 0) is 31.7 Å². The summed E-state index contributed by atoms with van der Waals surface area (Å²) in [5, 5.41) is 18.7. The monoisotopic (exact) mass is 411 g/mol. The number of aliphatic hydroxyl groups is 1. The lowest BCUT2D eigenvalue weighted by molar-refractivity contribution is -0.127. The molecule has 0 aliphatic heterocycles. The molecule has 0 aromatic carbocycles. The minimum Gasteiger partial charge on any atom is -0.395 e. The highest BCUT2D eigenvalue weighted by atomic mass is 35.5. The number of hydrogen-bond acceptors (Lipinski definition) is 6. The van der Waals surface area contributed by atoms with Crippen molar-refractivity contribution in [2.24, 2.45) is 5.92 Å². The molecule has 0 unspecified atom stereocenters. The molecular formula is C18H26ClN5O4. The first-order valence-corrected chi connectivity index (χ1v) is 9.05. The van der Waals surface area contributed by atoms with Crippen molar-refractivity contribution in [2.45, 2.75) is 38.3 Å². The largest absolute Gasteiger partial charge is 0.395 e. The standard InChI is InChI=1S/C18H25N5O4.ClH/c1-11-8-20-16-13(9-21-23(16)10-11)18(26)22-14-7-12(3-4-15(14)27-2)17(25)19-5-6-24;/h8-10,12,14-15,24H,3-7H2,1-2H3,(H,19,25)(H,22,26);1H/t12-,14+,15+;/m0./s1. The summed E-state index contributed by atoms with van der Waals surface area (Å²) in [5.41, 5.74) is 1.82. The third-order valence-electron chi connectivity index (χ3n) is 4.92. The molecule has 1 aliphatic rings. The number of ether oxygens (including phenoxy) is 1. The highest BCUT2D eigenvalue weighted by Crippen LogP contribution is 2.27. The normalized spacial score (nSPS) is 21.8. The molecule has 2 heterocycles. The van der Waals surface area contributed by atoms with Crippen molar-refractivity contribution in [2.75, 3.05) is 20.3 Å². The van der Waals surface area contributed by atoms with Crippen LogP contribution < -0.4 is 10.6 Å². The fourth-order valence-corrected chi connectivity index (χ4v) is 3.51. The van der Waals surface area contributed by atoms with Crippen molar-refractivity contribution >= 4 is 29.9 Å². The van der Waals surface area contributed by atoms with Crippen LogP contribution in [0.15, 0.2) is 18.6 Å². The summed E-state index contributed by atoms with van der Waals surface area (Å²) < 4.78 is 7.09.